The van der Waals surface area contributed by atoms with Gasteiger partial charge in [0, 0.05) is 0 Å². The zero-order chi connectivity index (χ0) is 4.24. The van der Waals surface area contributed by atoms with Gasteiger partial charge in [0.1, 0.15) is 0 Å². The summed E-state index contributed by atoms with van der Waals surface area (Å²) in [6.45, 7) is 0. The Balaban J connectivity index is 0.000000360. The van der Waals surface area contributed by atoms with Gasteiger partial charge in [-0.25, -0.2) is 0 Å². The molecule has 7 heavy (non-hydrogen) atoms. The summed E-state index contributed by atoms with van der Waals surface area (Å²) in [4.78, 5) is 0. The Morgan fingerprint density at radius 3 is 1.57 bits per heavy atom. The molecule has 0 aliphatic rings. The predicted octanol–water partition coefficient (Wildman–Crippen LogP) is 0.571. The Labute approximate surface area is 63.7 Å². The van der Waals surface area contributed by atoms with Gasteiger partial charge in [-0.15, -0.1) is 0 Å². The van der Waals surface area contributed by atoms with E-state index in [4.69, 9.17) is 0 Å². The van der Waals surface area contributed by atoms with E-state index in [0.717, 1.165) is 0 Å². The van der Waals surface area contributed by atoms with Crippen LogP contribution >= 0.6 is 0 Å². The number of benzene rings is 1. The van der Waals surface area contributed by atoms with Crippen LogP contribution in [-0.4, -0.2) is 27.3 Å². The zero-order valence-corrected chi connectivity index (χ0v) is 9.59. The van der Waals surface area contributed by atoms with E-state index in [2.05, 4.69) is 6.07 Å². The predicted molar refractivity (Wildman–Crippen MR) is 33.8 cm³/mol. The average molecular weight is 286 g/mol. The van der Waals surface area contributed by atoms with Gasteiger partial charge in [-0.1, -0.05) is 30.3 Å². The smallest absolute Gasteiger partial charge is 0.0184 e. The molecule has 0 aliphatic heterocycles. The molecule has 0 amide bonds. The minimum absolute atomic E-state index is 0. The summed E-state index contributed by atoms with van der Waals surface area (Å²) in [7, 11) is 0. The molecule has 3 radical (unpaired) electrons. The zero-order valence-electron chi connectivity index (χ0n) is 4.09. The first-order chi connectivity index (χ1) is 3.00. The largest absolute Gasteiger partial charge is 0.0622 e. The molecule has 0 saturated heterocycles. The van der Waals surface area contributed by atoms with Crippen molar-refractivity contribution in [2.24, 2.45) is 0 Å². The van der Waals surface area contributed by atoms with Crippen molar-refractivity contribution in [3.8, 4) is 0 Å². The number of rotatable bonds is 0. The van der Waals surface area contributed by atoms with Gasteiger partial charge in [0.2, 0.25) is 0 Å². The first kappa shape index (κ1) is 7.14. The Morgan fingerprint density at radius 1 is 0.857 bits per heavy atom. The van der Waals surface area contributed by atoms with Crippen molar-refractivity contribution in [1.82, 2.24) is 0 Å². The fourth-order valence-electron chi connectivity index (χ4n) is 0.342. The molecule has 0 fully saturated rings. The third-order valence-electron chi connectivity index (χ3n) is 0.607. The van der Waals surface area contributed by atoms with Gasteiger partial charge in [-0.2, -0.15) is 0 Å². The molecule has 0 nitrogen and oxygen atoms in total. The van der Waals surface area contributed by atoms with Gasteiger partial charge < -0.3 is 0 Å². The van der Waals surface area contributed by atoms with Crippen LogP contribution in [-0.2, 0) is 0 Å². The van der Waals surface area contributed by atoms with E-state index in [0.29, 0.717) is 0 Å². The van der Waals surface area contributed by atoms with E-state index in [1.807, 2.05) is 30.3 Å². The van der Waals surface area contributed by atoms with E-state index in [-0.39, 0.29) is 27.3 Å². The molecule has 1 aromatic carbocycles. The quantitative estimate of drug-likeness (QED) is 0.612. The molecule has 0 unspecified atom stereocenters. The molecule has 0 atom stereocenters. The van der Waals surface area contributed by atoms with Crippen molar-refractivity contribution >= 4 is 27.3 Å². The van der Waals surface area contributed by atoms with Crippen LogP contribution in [0.5, 0.6) is 0 Å². The summed E-state index contributed by atoms with van der Waals surface area (Å²) in [5.74, 6) is 0. The fourth-order valence-corrected chi connectivity index (χ4v) is 0.342. The van der Waals surface area contributed by atoms with E-state index in [9.17, 15) is 0 Å². The summed E-state index contributed by atoms with van der Waals surface area (Å²) in [5.41, 5.74) is 0. The minimum atomic E-state index is 0. The molecular weight excluding hydrogens is 279 g/mol. The third kappa shape index (κ3) is 2.79. The molecule has 1 rings (SSSR count). The molecule has 1 aromatic rings. The van der Waals surface area contributed by atoms with Crippen molar-refractivity contribution in [3.05, 3.63) is 36.4 Å². The monoisotopic (exact) mass is 287 g/mol. The summed E-state index contributed by atoms with van der Waals surface area (Å²) in [5, 5.41) is 0. The van der Waals surface area contributed by atoms with Gasteiger partial charge >= 0.3 is 27.3 Å². The first-order valence-corrected chi connectivity index (χ1v) is 1.91. The van der Waals surface area contributed by atoms with Gasteiger partial charge in [0.25, 0.3) is 0 Å². The maximum absolute atomic E-state index is 2.89. The van der Waals surface area contributed by atoms with E-state index in [1.165, 1.54) is 0 Å². The van der Waals surface area contributed by atoms with Crippen LogP contribution in [0, 0.1) is 6.07 Å². The van der Waals surface area contributed by atoms with Crippen LogP contribution in [0.25, 0.3) is 0 Å². The van der Waals surface area contributed by atoms with Crippen LogP contribution < -0.4 is 0 Å². The van der Waals surface area contributed by atoms with Crippen molar-refractivity contribution in [1.29, 1.82) is 0 Å². The topological polar surface area (TPSA) is 0 Å². The second-order valence-electron chi connectivity index (χ2n) is 1.08. The maximum atomic E-state index is 2.89. The second kappa shape index (κ2) is 4.30. The molecule has 0 N–H and O–H groups in total. The van der Waals surface area contributed by atoms with Crippen LogP contribution in [0.2, 0.25) is 0 Å². The fraction of sp³-hybridized carbons (Fsp3) is 0. The van der Waals surface area contributed by atoms with E-state index < -0.39 is 0 Å². The molecule has 0 heterocycles. The molecule has 0 spiro atoms. The van der Waals surface area contributed by atoms with E-state index in [1.54, 1.807) is 0 Å². The normalized spacial score (nSPS) is 6.86. The SMILES string of the molecule is [PbH2].[c]1ccccc1. The summed E-state index contributed by atoms with van der Waals surface area (Å²) < 4.78 is 0. The second-order valence-corrected chi connectivity index (χ2v) is 1.08. The standard InChI is InChI=1S/C6H5.Pb.2H/c1-2-4-6-5-3-1;;;/h1-5H;;;. The van der Waals surface area contributed by atoms with Gasteiger partial charge in [-0.3, -0.25) is 0 Å². The summed E-state index contributed by atoms with van der Waals surface area (Å²) in [6.07, 6.45) is 0. The number of hydrogen-bond donors (Lipinski definition) is 0. The van der Waals surface area contributed by atoms with Crippen molar-refractivity contribution in [2.75, 3.05) is 0 Å². The molecule has 0 bridgehead atoms. The molecule has 0 saturated carbocycles. The van der Waals surface area contributed by atoms with Crippen molar-refractivity contribution in [2.45, 2.75) is 0 Å². The van der Waals surface area contributed by atoms with Crippen LogP contribution in [0.3, 0.4) is 0 Å². The molecule has 0 aliphatic carbocycles. The van der Waals surface area contributed by atoms with Crippen LogP contribution in [0.15, 0.2) is 30.3 Å². The van der Waals surface area contributed by atoms with Gasteiger partial charge in [-0.05, 0) is 6.07 Å². The van der Waals surface area contributed by atoms with Gasteiger partial charge in [0.05, 0.1) is 0 Å². The Bertz CT molecular complexity index is 76.1. The first-order valence-electron chi connectivity index (χ1n) is 1.91. The Morgan fingerprint density at radius 2 is 1.43 bits per heavy atom. The molecule has 35 valence electrons. The van der Waals surface area contributed by atoms with Crippen molar-refractivity contribution < 1.29 is 0 Å². The maximum Gasteiger partial charge on any atom is -0.0184 e. The molecule has 1 heteroatoms. The Hall–Kier alpha value is 0.142. The molecule has 0 aromatic heterocycles. The van der Waals surface area contributed by atoms with Crippen LogP contribution in [0.4, 0.5) is 0 Å². The average Bonchev–Trinajstić information content (AvgIpc) is 1.72. The van der Waals surface area contributed by atoms with Crippen molar-refractivity contribution in [3.63, 3.8) is 0 Å². The molecular formula is C6H7Pb. The summed E-state index contributed by atoms with van der Waals surface area (Å²) in [6, 6.07) is 12.5. The third-order valence-corrected chi connectivity index (χ3v) is 0.607. The van der Waals surface area contributed by atoms with Gasteiger partial charge in [0.15, 0.2) is 0 Å². The Kier molecular flexibility index (Phi) is 4.39. The number of hydrogen-bond acceptors (Lipinski definition) is 0. The minimum Gasteiger partial charge on any atom is -0.0622 e. The van der Waals surface area contributed by atoms with E-state index >= 15 is 0 Å². The van der Waals surface area contributed by atoms with Crippen LogP contribution in [0.1, 0.15) is 0 Å². The summed E-state index contributed by atoms with van der Waals surface area (Å²) >= 11 is 0.